The molecule has 0 amide bonds. The quantitative estimate of drug-likeness (QED) is 0.316. The number of pyridine rings is 1. The third kappa shape index (κ3) is 3.01. The van der Waals surface area contributed by atoms with Crippen molar-refractivity contribution in [3.8, 4) is 17.2 Å². The smallest absolute Gasteiger partial charge is 0.354 e. The van der Waals surface area contributed by atoms with Gasteiger partial charge in [-0.3, -0.25) is 9.36 Å². The predicted molar refractivity (Wildman–Crippen MR) is 136 cm³/mol. The van der Waals surface area contributed by atoms with Crippen molar-refractivity contribution in [3.05, 3.63) is 97.6 Å². The topological polar surface area (TPSA) is 90.9 Å². The Hall–Kier alpha value is -3.88. The van der Waals surface area contributed by atoms with E-state index in [-0.39, 0.29) is 28.7 Å². The number of rotatable bonds is 3. The highest BCUT2D eigenvalue weighted by Gasteiger charge is 2.35. The van der Waals surface area contributed by atoms with Crippen LogP contribution in [0.4, 0.5) is 0 Å². The molecular formula is C27H16ClNO6S. The van der Waals surface area contributed by atoms with Gasteiger partial charge in [-0.1, -0.05) is 59.8 Å². The number of hydrogen-bond acceptors (Lipinski definition) is 7. The molecule has 7 rings (SSSR count). The van der Waals surface area contributed by atoms with Crippen molar-refractivity contribution in [1.29, 1.82) is 0 Å². The first-order valence-electron chi connectivity index (χ1n) is 11.2. The Labute approximate surface area is 212 Å². The van der Waals surface area contributed by atoms with Gasteiger partial charge in [0.05, 0.1) is 16.9 Å². The van der Waals surface area contributed by atoms with Gasteiger partial charge in [-0.2, -0.15) is 0 Å². The van der Waals surface area contributed by atoms with E-state index in [4.69, 9.17) is 25.5 Å². The number of hydrogen-bond donors (Lipinski definition) is 1. The third-order valence-corrected chi connectivity index (χ3v) is 7.89. The van der Waals surface area contributed by atoms with Crippen molar-refractivity contribution in [3.63, 3.8) is 0 Å². The predicted octanol–water partition coefficient (Wildman–Crippen LogP) is 5.49. The number of aromatic hydroxyl groups is 1. The maximum absolute atomic E-state index is 14.0. The highest BCUT2D eigenvalue weighted by atomic mass is 35.5. The van der Waals surface area contributed by atoms with Gasteiger partial charge in [0.15, 0.2) is 22.8 Å². The normalized spacial score (nSPS) is 15.8. The molecule has 1 N–H and O–H groups in total. The van der Waals surface area contributed by atoms with E-state index in [2.05, 4.69) is 0 Å². The molecule has 7 nitrogen and oxygen atoms in total. The molecule has 1 atom stereocenters. The molecule has 0 radical (unpaired) electrons. The first kappa shape index (κ1) is 21.4. The van der Waals surface area contributed by atoms with Crippen molar-refractivity contribution in [1.82, 2.24) is 4.57 Å². The Morgan fingerprint density at radius 2 is 1.83 bits per heavy atom. The van der Waals surface area contributed by atoms with Gasteiger partial charge in [0.2, 0.25) is 6.79 Å². The van der Waals surface area contributed by atoms with Crippen molar-refractivity contribution < 1.29 is 19.0 Å². The van der Waals surface area contributed by atoms with Gasteiger partial charge in [0.25, 0.3) is 5.56 Å². The van der Waals surface area contributed by atoms with E-state index in [1.807, 2.05) is 36.4 Å². The molecular weight excluding hydrogens is 502 g/mol. The average Bonchev–Trinajstić information content (AvgIpc) is 3.49. The van der Waals surface area contributed by atoms with Gasteiger partial charge in [-0.05, 0) is 41.8 Å². The Morgan fingerprint density at radius 3 is 2.64 bits per heavy atom. The van der Waals surface area contributed by atoms with Crippen molar-refractivity contribution in [2.45, 2.75) is 22.3 Å². The van der Waals surface area contributed by atoms with E-state index in [0.29, 0.717) is 38.7 Å². The van der Waals surface area contributed by atoms with Gasteiger partial charge >= 0.3 is 5.63 Å². The van der Waals surface area contributed by atoms with Gasteiger partial charge in [-0.25, -0.2) is 4.79 Å². The standard InChI is InChI=1S/C27H16ClNO6S/c28-15-7-4-8-16(11-15)36-25-22(30)20-24(35-27(25)32)19-21-14(10-18-23(19)34-12-33-18)9-17(29(21)26(20)31)13-5-2-1-3-6-13/h1-8,10-11,17,30H,9,12H2. The maximum Gasteiger partial charge on any atom is 0.354 e. The van der Waals surface area contributed by atoms with Crippen LogP contribution in [0.15, 0.2) is 84.5 Å². The number of nitrogens with zero attached hydrogens (tertiary/aromatic N) is 1. The zero-order valence-corrected chi connectivity index (χ0v) is 20.1. The Balaban J connectivity index is 1.58. The molecule has 2 aliphatic rings. The minimum absolute atomic E-state index is 0.00946. The molecule has 3 aromatic carbocycles. The molecule has 0 spiro atoms. The summed E-state index contributed by atoms with van der Waals surface area (Å²) in [6.07, 6.45) is 0.540. The van der Waals surface area contributed by atoms with Crippen molar-refractivity contribution in [2.24, 2.45) is 0 Å². The van der Waals surface area contributed by atoms with Crippen molar-refractivity contribution in [2.75, 3.05) is 6.79 Å². The summed E-state index contributed by atoms with van der Waals surface area (Å²) in [5, 5.41) is 12.2. The second-order valence-electron chi connectivity index (χ2n) is 8.63. The van der Waals surface area contributed by atoms with Gasteiger partial charge < -0.3 is 19.0 Å². The summed E-state index contributed by atoms with van der Waals surface area (Å²) in [7, 11) is 0. The fourth-order valence-electron chi connectivity index (χ4n) is 5.11. The van der Waals surface area contributed by atoms with E-state index >= 15 is 0 Å². The zero-order chi connectivity index (χ0) is 24.6. The van der Waals surface area contributed by atoms with E-state index in [1.54, 1.807) is 28.8 Å². The second kappa shape index (κ2) is 7.81. The molecule has 178 valence electrons. The summed E-state index contributed by atoms with van der Waals surface area (Å²) >= 11 is 7.08. The summed E-state index contributed by atoms with van der Waals surface area (Å²) in [5.41, 5.74) is 1.22. The molecule has 2 aromatic heterocycles. The average molecular weight is 518 g/mol. The lowest BCUT2D eigenvalue weighted by Gasteiger charge is -2.17. The fourth-order valence-corrected chi connectivity index (χ4v) is 6.26. The molecule has 0 saturated heterocycles. The maximum atomic E-state index is 14.0. The number of halogens is 1. The lowest BCUT2D eigenvalue weighted by atomic mass is 10.0. The SMILES string of the molecule is O=c1oc2c(c(O)c1Sc1cccc(Cl)c1)c(=O)n1c3c(cc4c(c23)OCO4)CC1c1ccccc1. The highest BCUT2D eigenvalue weighted by Crippen LogP contribution is 2.49. The minimum atomic E-state index is -0.764. The lowest BCUT2D eigenvalue weighted by Crippen LogP contribution is -2.24. The molecule has 2 aliphatic heterocycles. The van der Waals surface area contributed by atoms with Crippen LogP contribution in [0.25, 0.3) is 21.9 Å². The Bertz CT molecular complexity index is 1850. The second-order valence-corrected chi connectivity index (χ2v) is 10.1. The van der Waals surface area contributed by atoms with E-state index in [9.17, 15) is 14.7 Å². The van der Waals surface area contributed by atoms with Crippen molar-refractivity contribution >= 4 is 45.2 Å². The van der Waals surface area contributed by atoms with Crippen LogP contribution in [0.2, 0.25) is 5.02 Å². The summed E-state index contributed by atoms with van der Waals surface area (Å²) < 4.78 is 18.8. The zero-order valence-electron chi connectivity index (χ0n) is 18.5. The van der Waals surface area contributed by atoms with Gasteiger partial charge in [0.1, 0.15) is 10.3 Å². The van der Waals surface area contributed by atoms with Crippen LogP contribution in [-0.4, -0.2) is 16.5 Å². The molecule has 9 heteroatoms. The largest absolute Gasteiger partial charge is 0.505 e. The van der Waals surface area contributed by atoms with E-state index in [0.717, 1.165) is 22.9 Å². The molecule has 0 aliphatic carbocycles. The summed E-state index contributed by atoms with van der Waals surface area (Å²) in [6, 6.07) is 18.1. The molecule has 0 saturated carbocycles. The lowest BCUT2D eigenvalue weighted by molar-refractivity contribution is 0.174. The molecule has 0 bridgehead atoms. The van der Waals surface area contributed by atoms with E-state index in [1.165, 1.54) is 0 Å². The molecule has 0 fully saturated rings. The number of benzene rings is 3. The molecule has 1 unspecified atom stereocenters. The monoisotopic (exact) mass is 517 g/mol. The van der Waals surface area contributed by atoms with Crippen LogP contribution in [-0.2, 0) is 6.42 Å². The number of fused-ring (bicyclic) bond motifs is 4. The minimum Gasteiger partial charge on any atom is -0.505 e. The first-order valence-corrected chi connectivity index (χ1v) is 12.4. The van der Waals surface area contributed by atoms with Gasteiger partial charge in [-0.15, -0.1) is 0 Å². The van der Waals surface area contributed by atoms with Crippen LogP contribution < -0.4 is 20.7 Å². The number of ether oxygens (including phenoxy) is 2. The Kier molecular flexibility index (Phi) is 4.64. The summed E-state index contributed by atoms with van der Waals surface area (Å²) in [5.74, 6) is 0.467. The molecule has 4 heterocycles. The molecule has 5 aromatic rings. The van der Waals surface area contributed by atoms with Gasteiger partial charge in [0, 0.05) is 9.92 Å². The number of aromatic nitrogens is 1. The summed E-state index contributed by atoms with van der Waals surface area (Å²) in [4.78, 5) is 27.7. The fraction of sp³-hybridized carbons (Fsp3) is 0.111. The van der Waals surface area contributed by atoms with Crippen LogP contribution in [0.5, 0.6) is 17.2 Å². The first-order chi connectivity index (χ1) is 17.5. The van der Waals surface area contributed by atoms with E-state index < -0.39 is 16.9 Å². The highest BCUT2D eigenvalue weighted by molar-refractivity contribution is 7.99. The van der Waals surface area contributed by atoms with Crippen LogP contribution in [0.3, 0.4) is 0 Å². The van der Waals surface area contributed by atoms with Crippen LogP contribution in [0, 0.1) is 0 Å². The van der Waals surface area contributed by atoms with Crippen LogP contribution >= 0.6 is 23.4 Å². The summed E-state index contributed by atoms with van der Waals surface area (Å²) in [6.45, 7) is 0.00946. The third-order valence-electron chi connectivity index (χ3n) is 6.60. The van der Waals surface area contributed by atoms with Crippen LogP contribution in [0.1, 0.15) is 17.2 Å². The molecule has 36 heavy (non-hydrogen) atoms. The Morgan fingerprint density at radius 1 is 1.00 bits per heavy atom.